The van der Waals surface area contributed by atoms with Crippen molar-refractivity contribution >= 4 is 16.8 Å². The van der Waals surface area contributed by atoms with E-state index in [0.717, 1.165) is 30.4 Å². The molecule has 1 aliphatic rings. The van der Waals surface area contributed by atoms with Crippen LogP contribution in [0.3, 0.4) is 0 Å². The van der Waals surface area contributed by atoms with Gasteiger partial charge in [0.05, 0.1) is 13.2 Å². The van der Waals surface area contributed by atoms with Gasteiger partial charge in [0.2, 0.25) is 0 Å². The average Bonchev–Trinajstić information content (AvgIpc) is 2.93. The van der Waals surface area contributed by atoms with Crippen LogP contribution in [0.5, 0.6) is 17.2 Å². The molecule has 1 aliphatic heterocycles. The molecule has 246 valence electrons. The first-order valence-electron chi connectivity index (χ1n) is 14.6. The highest BCUT2D eigenvalue weighted by atomic mass is 32.2. The molecular formula is C31H40F5NO6S. The second-order valence-electron chi connectivity index (χ2n) is 11.6. The van der Waals surface area contributed by atoms with Crippen LogP contribution in [0.1, 0.15) is 68.9 Å². The number of halogens is 5. The van der Waals surface area contributed by atoms with E-state index in [0.29, 0.717) is 38.3 Å². The summed E-state index contributed by atoms with van der Waals surface area (Å²) in [4.78, 5) is 13.1. The average molecular weight is 650 g/mol. The highest BCUT2D eigenvalue weighted by molar-refractivity contribution is 7.84. The Bertz CT molecular complexity index is 1260. The third-order valence-corrected chi connectivity index (χ3v) is 9.63. The fourth-order valence-electron chi connectivity index (χ4n) is 5.68. The summed E-state index contributed by atoms with van der Waals surface area (Å²) in [5.41, 5.74) is 1.59. The van der Waals surface area contributed by atoms with Crippen LogP contribution in [0.15, 0.2) is 42.5 Å². The zero-order chi connectivity index (χ0) is 32.5. The number of unbranched alkanes of at least 4 members (excludes halogenated alkanes) is 2. The Balaban J connectivity index is 1.50. The fourth-order valence-corrected chi connectivity index (χ4v) is 6.80. The minimum atomic E-state index is -5.63. The number of benzene rings is 2. The number of alkyl halides is 5. The monoisotopic (exact) mass is 649 g/mol. The molecule has 13 heteroatoms. The maximum Gasteiger partial charge on any atom is 0.453 e. The Morgan fingerprint density at radius 2 is 1.59 bits per heavy atom. The van der Waals surface area contributed by atoms with Gasteiger partial charge in [-0.05, 0) is 68.1 Å². The van der Waals surface area contributed by atoms with Crippen LogP contribution in [0.4, 0.5) is 22.0 Å². The smallest absolute Gasteiger partial charge is 0.453 e. The molecule has 2 aromatic rings. The minimum Gasteiger partial charge on any atom is -0.508 e. The van der Waals surface area contributed by atoms with Gasteiger partial charge in [-0.25, -0.2) is 0 Å². The number of phenols is 2. The number of aromatic hydroxyl groups is 2. The molecule has 2 aromatic carbocycles. The summed E-state index contributed by atoms with van der Waals surface area (Å²) in [5, 5.41) is 29.1. The Kier molecular flexibility index (Phi) is 12.4. The standard InChI is InChI=1S/C31H40F5NO6S/c1-29(22-8-10-23(38)11-9-22)21-43-27-19-24(39)12-13-25(27)26(29)7-3-2-4-15-37(20-28(40)41)16-6-18-44(42)17-5-14-30(32,33)31(34,35)36/h8-13,19,26,38-39H,2-7,14-18,20-21H2,1H3,(H,40,41). The van der Waals surface area contributed by atoms with Crippen molar-refractivity contribution in [2.75, 3.05) is 37.7 Å². The van der Waals surface area contributed by atoms with Gasteiger partial charge >= 0.3 is 18.1 Å². The quantitative estimate of drug-likeness (QED) is 0.131. The molecule has 0 spiro atoms. The number of hydrogen-bond donors (Lipinski definition) is 3. The summed E-state index contributed by atoms with van der Waals surface area (Å²) >= 11 is 0. The van der Waals surface area contributed by atoms with Gasteiger partial charge in [0, 0.05) is 46.1 Å². The first kappa shape index (κ1) is 35.5. The molecule has 0 aliphatic carbocycles. The van der Waals surface area contributed by atoms with Gasteiger partial charge in [-0.15, -0.1) is 0 Å². The molecule has 0 aromatic heterocycles. The van der Waals surface area contributed by atoms with Crippen LogP contribution in [-0.2, 0) is 21.0 Å². The lowest BCUT2D eigenvalue weighted by Crippen LogP contribution is -2.40. The Labute approximate surface area is 256 Å². The predicted octanol–water partition coefficient (Wildman–Crippen LogP) is 6.60. The number of ether oxygens (including phenoxy) is 1. The number of rotatable bonds is 17. The van der Waals surface area contributed by atoms with Crippen molar-refractivity contribution in [3.63, 3.8) is 0 Å². The number of nitrogens with zero attached hydrogens (tertiary/aromatic N) is 1. The Hall–Kier alpha value is -2.93. The molecule has 3 rings (SSSR count). The molecule has 3 N–H and O–H groups in total. The van der Waals surface area contributed by atoms with Crippen LogP contribution in [0, 0.1) is 0 Å². The van der Waals surface area contributed by atoms with E-state index in [4.69, 9.17) is 4.74 Å². The van der Waals surface area contributed by atoms with E-state index >= 15 is 0 Å². The zero-order valence-corrected chi connectivity index (χ0v) is 25.4. The zero-order valence-electron chi connectivity index (χ0n) is 24.6. The molecule has 0 saturated carbocycles. The van der Waals surface area contributed by atoms with Gasteiger partial charge in [-0.3, -0.25) is 13.9 Å². The number of carboxylic acid groups (broad SMARTS) is 1. The van der Waals surface area contributed by atoms with Crippen LogP contribution in [-0.4, -0.2) is 80.2 Å². The summed E-state index contributed by atoms with van der Waals surface area (Å²) in [6.07, 6.45) is -4.12. The van der Waals surface area contributed by atoms with E-state index < -0.39 is 47.1 Å². The van der Waals surface area contributed by atoms with Crippen molar-refractivity contribution in [1.82, 2.24) is 4.90 Å². The molecule has 3 unspecified atom stereocenters. The molecule has 7 nitrogen and oxygen atoms in total. The van der Waals surface area contributed by atoms with Crippen LogP contribution in [0.2, 0.25) is 0 Å². The van der Waals surface area contributed by atoms with Gasteiger partial charge in [-0.1, -0.05) is 38.0 Å². The molecular weight excluding hydrogens is 609 g/mol. The molecule has 44 heavy (non-hydrogen) atoms. The molecule has 0 bridgehead atoms. The lowest BCUT2D eigenvalue weighted by atomic mass is 9.66. The number of carboxylic acids is 1. The summed E-state index contributed by atoms with van der Waals surface area (Å²) in [6.45, 7) is 3.06. The molecule has 0 fully saturated rings. The number of phenolic OH excluding ortho intramolecular Hbond substituents is 2. The SMILES string of the molecule is CC1(c2ccc(O)cc2)COc2cc(O)ccc2C1CCCCCN(CCCS(=O)CCCC(F)(F)C(F)(F)F)CC(=O)O. The summed E-state index contributed by atoms with van der Waals surface area (Å²) in [6, 6.07) is 12.1. The predicted molar refractivity (Wildman–Crippen MR) is 157 cm³/mol. The number of hydrogen-bond acceptors (Lipinski definition) is 6. The van der Waals surface area contributed by atoms with E-state index in [1.807, 2.05) is 18.2 Å². The number of fused-ring (bicyclic) bond motifs is 1. The van der Waals surface area contributed by atoms with E-state index in [2.05, 4.69) is 6.92 Å². The second-order valence-corrected chi connectivity index (χ2v) is 13.3. The molecule has 1 heterocycles. The van der Waals surface area contributed by atoms with Crippen molar-refractivity contribution in [3.05, 3.63) is 53.6 Å². The van der Waals surface area contributed by atoms with Crippen LogP contribution >= 0.6 is 0 Å². The molecule has 3 atom stereocenters. The highest BCUT2D eigenvalue weighted by Gasteiger charge is 2.56. The summed E-state index contributed by atoms with van der Waals surface area (Å²) < 4.78 is 81.1. The maximum atomic E-state index is 13.0. The number of carbonyl (C=O) groups is 1. The molecule has 0 saturated heterocycles. The van der Waals surface area contributed by atoms with E-state index in [1.165, 1.54) is 0 Å². The maximum absolute atomic E-state index is 13.0. The fraction of sp³-hybridized carbons (Fsp3) is 0.581. The van der Waals surface area contributed by atoms with E-state index in [1.54, 1.807) is 29.2 Å². The Morgan fingerprint density at radius 3 is 2.25 bits per heavy atom. The lowest BCUT2D eigenvalue weighted by molar-refractivity contribution is -0.284. The van der Waals surface area contributed by atoms with Gasteiger partial charge < -0.3 is 20.1 Å². The molecule has 0 amide bonds. The topological polar surface area (TPSA) is 107 Å². The van der Waals surface area contributed by atoms with Crippen LogP contribution in [0.25, 0.3) is 0 Å². The van der Waals surface area contributed by atoms with Crippen molar-refractivity contribution in [2.45, 2.75) is 75.3 Å². The lowest BCUT2D eigenvalue weighted by Gasteiger charge is -2.43. The normalized spacial score (nSPS) is 19.4. The van der Waals surface area contributed by atoms with Gasteiger partial charge in [-0.2, -0.15) is 22.0 Å². The third kappa shape index (κ3) is 9.79. The first-order chi connectivity index (χ1) is 20.6. The van der Waals surface area contributed by atoms with Crippen molar-refractivity contribution < 1.29 is 51.0 Å². The van der Waals surface area contributed by atoms with Crippen molar-refractivity contribution in [1.29, 1.82) is 0 Å². The third-order valence-electron chi connectivity index (χ3n) is 8.15. The van der Waals surface area contributed by atoms with E-state index in [9.17, 15) is 46.3 Å². The van der Waals surface area contributed by atoms with E-state index in [-0.39, 0.29) is 35.5 Å². The number of aliphatic carboxylic acids is 1. The largest absolute Gasteiger partial charge is 0.508 e. The first-order valence-corrected chi connectivity index (χ1v) is 16.1. The van der Waals surface area contributed by atoms with Gasteiger partial charge in [0.1, 0.15) is 17.2 Å². The second kappa shape index (κ2) is 15.4. The van der Waals surface area contributed by atoms with Crippen molar-refractivity contribution in [2.24, 2.45) is 0 Å². The van der Waals surface area contributed by atoms with Crippen LogP contribution < -0.4 is 4.74 Å². The highest BCUT2D eigenvalue weighted by Crippen LogP contribution is 2.49. The van der Waals surface area contributed by atoms with Gasteiger partial charge in [0.25, 0.3) is 0 Å². The molecule has 0 radical (unpaired) electrons. The van der Waals surface area contributed by atoms with Gasteiger partial charge in [0.15, 0.2) is 0 Å². The Morgan fingerprint density at radius 1 is 0.955 bits per heavy atom. The minimum absolute atomic E-state index is 0.0533. The van der Waals surface area contributed by atoms with Crippen molar-refractivity contribution in [3.8, 4) is 17.2 Å². The summed E-state index contributed by atoms with van der Waals surface area (Å²) in [7, 11) is -1.58. The summed E-state index contributed by atoms with van der Waals surface area (Å²) in [5.74, 6) is -5.06.